The van der Waals surface area contributed by atoms with E-state index >= 15 is 0 Å². The Hall–Kier alpha value is -0.690. The van der Waals surface area contributed by atoms with Crippen LogP contribution in [0.1, 0.15) is 13.3 Å². The molecule has 0 aromatic rings. The van der Waals surface area contributed by atoms with Gasteiger partial charge in [-0.25, -0.2) is 0 Å². The molecule has 0 spiro atoms. The zero-order chi connectivity index (χ0) is 8.91. The third kappa shape index (κ3) is 7.20. The molecule has 4 heteroatoms. The molecule has 1 atom stereocenters. The molecule has 1 nitrogen and oxygen atoms in total. The highest BCUT2D eigenvalue weighted by atomic mass is 19.4. The summed E-state index contributed by atoms with van der Waals surface area (Å²) >= 11 is 0. The quantitative estimate of drug-likeness (QED) is 0.625. The zero-order valence-electron chi connectivity index (χ0n) is 6.20. The van der Waals surface area contributed by atoms with Crippen LogP contribution in [0.15, 0.2) is 0 Å². The van der Waals surface area contributed by atoms with E-state index in [1.54, 1.807) is 0 Å². The van der Waals surface area contributed by atoms with E-state index in [4.69, 9.17) is 6.42 Å². The van der Waals surface area contributed by atoms with Crippen LogP contribution in [0.2, 0.25) is 0 Å². The fraction of sp³-hybridized carbons (Fsp3) is 0.714. The van der Waals surface area contributed by atoms with E-state index in [9.17, 15) is 13.2 Å². The first-order chi connectivity index (χ1) is 4.95. The van der Waals surface area contributed by atoms with Gasteiger partial charge in [0.15, 0.2) is 0 Å². The highest BCUT2D eigenvalue weighted by Gasteiger charge is 2.29. The second kappa shape index (κ2) is 4.24. The van der Waals surface area contributed by atoms with Gasteiger partial charge in [-0.2, -0.15) is 13.2 Å². The molecular weight excluding hydrogens is 155 g/mol. The van der Waals surface area contributed by atoms with Crippen molar-refractivity contribution in [2.75, 3.05) is 6.54 Å². The van der Waals surface area contributed by atoms with Crippen molar-refractivity contribution in [3.63, 3.8) is 0 Å². The van der Waals surface area contributed by atoms with Crippen LogP contribution in [0.25, 0.3) is 0 Å². The minimum absolute atomic E-state index is 0.178. The first-order valence-electron chi connectivity index (χ1n) is 3.19. The van der Waals surface area contributed by atoms with Crippen molar-refractivity contribution >= 4 is 0 Å². The maximum Gasteiger partial charge on any atom is 0.390 e. The van der Waals surface area contributed by atoms with E-state index in [0.29, 0.717) is 0 Å². The first kappa shape index (κ1) is 10.3. The van der Waals surface area contributed by atoms with Crippen molar-refractivity contribution in [3.8, 4) is 12.3 Å². The number of alkyl halides is 3. The van der Waals surface area contributed by atoms with E-state index in [-0.39, 0.29) is 6.54 Å². The van der Waals surface area contributed by atoms with Crippen LogP contribution in [-0.2, 0) is 0 Å². The molecule has 1 unspecified atom stereocenters. The first-order valence-corrected chi connectivity index (χ1v) is 3.19. The Morgan fingerprint density at radius 3 is 2.45 bits per heavy atom. The molecule has 64 valence electrons. The average Bonchev–Trinajstić information content (AvgIpc) is 1.79. The van der Waals surface area contributed by atoms with Crippen molar-refractivity contribution in [3.05, 3.63) is 0 Å². The van der Waals surface area contributed by atoms with Crippen LogP contribution in [-0.4, -0.2) is 18.8 Å². The average molecular weight is 165 g/mol. The van der Waals surface area contributed by atoms with E-state index in [0.717, 1.165) is 0 Å². The Labute approximate surface area is 64.0 Å². The summed E-state index contributed by atoms with van der Waals surface area (Å²) in [6, 6.07) is -0.606. The monoisotopic (exact) mass is 165 g/mol. The molecular formula is C7H10F3N. The molecule has 0 amide bonds. The van der Waals surface area contributed by atoms with Gasteiger partial charge in [0.25, 0.3) is 0 Å². The van der Waals surface area contributed by atoms with Gasteiger partial charge in [-0.05, 0) is 6.92 Å². The Balaban J connectivity index is 3.54. The van der Waals surface area contributed by atoms with Crippen molar-refractivity contribution in [2.24, 2.45) is 0 Å². The van der Waals surface area contributed by atoms with Gasteiger partial charge in [0.1, 0.15) is 0 Å². The summed E-state index contributed by atoms with van der Waals surface area (Å²) in [5.41, 5.74) is 0. The Morgan fingerprint density at radius 2 is 2.09 bits per heavy atom. The molecule has 0 aliphatic rings. The molecule has 0 aromatic heterocycles. The molecule has 0 heterocycles. The molecule has 0 rings (SSSR count). The van der Waals surface area contributed by atoms with E-state index < -0.39 is 18.6 Å². The lowest BCUT2D eigenvalue weighted by Gasteiger charge is -2.13. The molecule has 0 fully saturated rings. The standard InChI is InChI=1S/C7H10F3N/c1-3-4-11-6(2)5-7(8,9)10/h1,6,11H,4-5H2,2H3. The Bertz CT molecular complexity index is 145. The summed E-state index contributed by atoms with van der Waals surface area (Å²) in [6.07, 6.45) is -0.102. The number of halogens is 3. The van der Waals surface area contributed by atoms with Crippen LogP contribution >= 0.6 is 0 Å². The predicted molar refractivity (Wildman–Crippen MR) is 37.0 cm³/mol. The lowest BCUT2D eigenvalue weighted by Crippen LogP contribution is -2.31. The number of hydrogen-bond acceptors (Lipinski definition) is 1. The molecule has 11 heavy (non-hydrogen) atoms. The Kier molecular flexibility index (Phi) is 3.98. The number of nitrogens with one attached hydrogen (secondary N) is 1. The van der Waals surface area contributed by atoms with E-state index in [1.165, 1.54) is 6.92 Å². The van der Waals surface area contributed by atoms with Crippen LogP contribution in [0.5, 0.6) is 0 Å². The summed E-state index contributed by atoms with van der Waals surface area (Å²) in [5, 5.41) is 2.53. The number of hydrogen-bond donors (Lipinski definition) is 1. The highest BCUT2D eigenvalue weighted by molar-refractivity contribution is 4.87. The van der Waals surface area contributed by atoms with Gasteiger partial charge in [0, 0.05) is 6.04 Å². The minimum atomic E-state index is -4.11. The lowest BCUT2D eigenvalue weighted by atomic mass is 10.2. The number of rotatable bonds is 3. The normalized spacial score (nSPS) is 14.1. The van der Waals surface area contributed by atoms with Crippen LogP contribution in [0, 0.1) is 12.3 Å². The summed E-state index contributed by atoms with van der Waals surface area (Å²) in [6.45, 7) is 1.63. The van der Waals surface area contributed by atoms with Gasteiger partial charge >= 0.3 is 6.18 Å². The van der Waals surface area contributed by atoms with Gasteiger partial charge in [-0.15, -0.1) is 6.42 Å². The summed E-state index contributed by atoms with van der Waals surface area (Å²) in [5.74, 6) is 2.21. The third-order valence-corrected chi connectivity index (χ3v) is 1.09. The SMILES string of the molecule is C#CCNC(C)CC(F)(F)F. The van der Waals surface area contributed by atoms with Crippen LogP contribution in [0.4, 0.5) is 13.2 Å². The second-order valence-electron chi connectivity index (χ2n) is 2.31. The topological polar surface area (TPSA) is 12.0 Å². The molecule has 1 N–H and O–H groups in total. The minimum Gasteiger partial charge on any atom is -0.303 e. The fourth-order valence-electron chi connectivity index (χ4n) is 0.653. The molecule has 0 saturated carbocycles. The second-order valence-corrected chi connectivity index (χ2v) is 2.31. The van der Waals surface area contributed by atoms with Crippen molar-refractivity contribution < 1.29 is 13.2 Å². The largest absolute Gasteiger partial charge is 0.390 e. The van der Waals surface area contributed by atoms with Gasteiger partial charge in [-0.3, -0.25) is 0 Å². The molecule has 0 aromatic carbocycles. The van der Waals surface area contributed by atoms with Crippen molar-refractivity contribution in [1.29, 1.82) is 0 Å². The molecule has 0 radical (unpaired) electrons. The maximum atomic E-state index is 11.6. The van der Waals surface area contributed by atoms with Crippen molar-refractivity contribution in [2.45, 2.75) is 25.6 Å². The summed E-state index contributed by atoms with van der Waals surface area (Å²) in [4.78, 5) is 0. The smallest absolute Gasteiger partial charge is 0.303 e. The maximum absolute atomic E-state index is 11.6. The molecule has 0 saturated heterocycles. The van der Waals surface area contributed by atoms with Gasteiger partial charge < -0.3 is 5.32 Å². The molecule has 0 aliphatic heterocycles. The molecule has 0 bridgehead atoms. The third-order valence-electron chi connectivity index (χ3n) is 1.09. The number of terminal acetylenes is 1. The Morgan fingerprint density at radius 1 is 1.55 bits per heavy atom. The van der Waals surface area contributed by atoms with Gasteiger partial charge in [0.05, 0.1) is 13.0 Å². The predicted octanol–water partition coefficient (Wildman–Crippen LogP) is 1.55. The van der Waals surface area contributed by atoms with Gasteiger partial charge in [0.2, 0.25) is 0 Å². The van der Waals surface area contributed by atoms with Gasteiger partial charge in [-0.1, -0.05) is 5.92 Å². The summed E-state index contributed by atoms with van der Waals surface area (Å²) in [7, 11) is 0. The summed E-state index contributed by atoms with van der Waals surface area (Å²) < 4.78 is 34.9. The zero-order valence-corrected chi connectivity index (χ0v) is 6.20. The fourth-order valence-corrected chi connectivity index (χ4v) is 0.653. The lowest BCUT2D eigenvalue weighted by molar-refractivity contribution is -0.138. The van der Waals surface area contributed by atoms with Crippen LogP contribution in [0.3, 0.4) is 0 Å². The van der Waals surface area contributed by atoms with Crippen molar-refractivity contribution in [1.82, 2.24) is 5.32 Å². The van der Waals surface area contributed by atoms with E-state index in [2.05, 4.69) is 11.2 Å². The molecule has 0 aliphatic carbocycles. The van der Waals surface area contributed by atoms with Crippen LogP contribution < -0.4 is 5.32 Å². The van der Waals surface area contributed by atoms with E-state index in [1.807, 2.05) is 0 Å². The highest BCUT2D eigenvalue weighted by Crippen LogP contribution is 2.20.